The van der Waals surface area contributed by atoms with E-state index in [0.717, 1.165) is 5.56 Å². The van der Waals surface area contributed by atoms with Crippen molar-refractivity contribution in [2.45, 2.75) is 25.0 Å². The number of benzene rings is 1. The molecule has 0 aliphatic carbocycles. The van der Waals surface area contributed by atoms with Gasteiger partial charge in [-0.25, -0.2) is 0 Å². The van der Waals surface area contributed by atoms with Gasteiger partial charge in [0.25, 0.3) is 0 Å². The van der Waals surface area contributed by atoms with Gasteiger partial charge in [0.1, 0.15) is 12.0 Å². The van der Waals surface area contributed by atoms with Gasteiger partial charge in [-0.05, 0) is 30.2 Å². The summed E-state index contributed by atoms with van der Waals surface area (Å²) in [7, 11) is 1.27. The standard InChI is InChI=1S/C19H18ClNO4/c1-24-19(23)17-16(22)10-15(9-12-4-2-6-14(20)8-12)25-18(17)13-5-3-7-21-11-13/h2-8,11,15,17-18H,9-10H2,1H3/t15-,17?,18-/m0/s1. The Kier molecular flexibility index (Phi) is 5.46. The van der Waals surface area contributed by atoms with Gasteiger partial charge in [0.15, 0.2) is 5.78 Å². The van der Waals surface area contributed by atoms with Crippen molar-refractivity contribution >= 4 is 23.4 Å². The third kappa shape index (κ3) is 4.06. The van der Waals surface area contributed by atoms with Crippen molar-refractivity contribution in [3.8, 4) is 0 Å². The quantitative estimate of drug-likeness (QED) is 0.619. The van der Waals surface area contributed by atoms with Crippen LogP contribution in [-0.4, -0.2) is 30.0 Å². The normalized spacial score (nSPS) is 23.3. The molecule has 0 bridgehead atoms. The van der Waals surface area contributed by atoms with Crippen LogP contribution in [0.25, 0.3) is 0 Å². The highest BCUT2D eigenvalue weighted by Gasteiger charge is 2.43. The number of esters is 1. The molecule has 1 unspecified atom stereocenters. The third-order valence-electron chi connectivity index (χ3n) is 4.24. The van der Waals surface area contributed by atoms with Crippen LogP contribution in [-0.2, 0) is 25.5 Å². The number of carbonyl (C=O) groups excluding carboxylic acids is 2. The van der Waals surface area contributed by atoms with Crippen LogP contribution in [0.4, 0.5) is 0 Å². The molecule has 1 fully saturated rings. The molecule has 0 saturated carbocycles. The molecule has 0 N–H and O–H groups in total. The van der Waals surface area contributed by atoms with Gasteiger partial charge >= 0.3 is 5.97 Å². The Morgan fingerprint density at radius 3 is 2.88 bits per heavy atom. The highest BCUT2D eigenvalue weighted by Crippen LogP contribution is 2.36. The van der Waals surface area contributed by atoms with Crippen LogP contribution in [0.5, 0.6) is 0 Å². The first-order valence-corrected chi connectivity index (χ1v) is 8.36. The first kappa shape index (κ1) is 17.6. The van der Waals surface area contributed by atoms with Gasteiger partial charge in [0.2, 0.25) is 0 Å². The maximum atomic E-state index is 12.6. The highest BCUT2D eigenvalue weighted by molar-refractivity contribution is 6.30. The molecule has 6 heteroatoms. The van der Waals surface area contributed by atoms with Gasteiger partial charge in [0, 0.05) is 29.4 Å². The van der Waals surface area contributed by atoms with E-state index in [4.69, 9.17) is 21.1 Å². The fourth-order valence-corrected chi connectivity index (χ4v) is 3.31. The summed E-state index contributed by atoms with van der Waals surface area (Å²) in [6, 6.07) is 11.0. The average Bonchev–Trinajstić information content (AvgIpc) is 2.61. The number of carbonyl (C=O) groups is 2. The Morgan fingerprint density at radius 1 is 1.36 bits per heavy atom. The van der Waals surface area contributed by atoms with E-state index < -0.39 is 18.0 Å². The molecule has 1 aromatic heterocycles. The predicted molar refractivity (Wildman–Crippen MR) is 92.1 cm³/mol. The summed E-state index contributed by atoms with van der Waals surface area (Å²) in [6.45, 7) is 0. The Labute approximate surface area is 150 Å². The number of ether oxygens (including phenoxy) is 2. The van der Waals surface area contributed by atoms with Gasteiger partial charge in [-0.3, -0.25) is 14.6 Å². The van der Waals surface area contributed by atoms with Crippen LogP contribution in [0.1, 0.15) is 23.7 Å². The zero-order chi connectivity index (χ0) is 17.8. The number of rotatable bonds is 4. The van der Waals surface area contributed by atoms with E-state index in [9.17, 15) is 9.59 Å². The van der Waals surface area contributed by atoms with Crippen molar-refractivity contribution in [2.24, 2.45) is 5.92 Å². The Bertz CT molecular complexity index is 765. The van der Waals surface area contributed by atoms with Gasteiger partial charge in [-0.1, -0.05) is 29.8 Å². The van der Waals surface area contributed by atoms with Crippen molar-refractivity contribution in [2.75, 3.05) is 7.11 Å². The highest BCUT2D eigenvalue weighted by atomic mass is 35.5. The molecule has 1 aromatic carbocycles. The van der Waals surface area contributed by atoms with E-state index in [1.807, 2.05) is 18.2 Å². The minimum Gasteiger partial charge on any atom is -0.468 e. The minimum absolute atomic E-state index is 0.156. The Balaban J connectivity index is 1.85. The SMILES string of the molecule is COC(=O)C1C(=O)C[C@H](Cc2cccc(Cl)c2)O[C@H]1c1cccnc1. The smallest absolute Gasteiger partial charge is 0.319 e. The van der Waals surface area contributed by atoms with Gasteiger partial charge in [-0.15, -0.1) is 0 Å². The molecule has 130 valence electrons. The van der Waals surface area contributed by atoms with Gasteiger partial charge < -0.3 is 9.47 Å². The second kappa shape index (κ2) is 7.76. The molecule has 2 aromatic rings. The van der Waals surface area contributed by atoms with Crippen molar-refractivity contribution in [1.29, 1.82) is 0 Å². The monoisotopic (exact) mass is 359 g/mol. The van der Waals surface area contributed by atoms with E-state index in [1.54, 1.807) is 30.6 Å². The van der Waals surface area contributed by atoms with Crippen LogP contribution < -0.4 is 0 Å². The molecule has 0 radical (unpaired) electrons. The number of hydrogen-bond donors (Lipinski definition) is 0. The molecule has 3 atom stereocenters. The summed E-state index contributed by atoms with van der Waals surface area (Å²) in [4.78, 5) is 28.8. The van der Waals surface area contributed by atoms with Crippen LogP contribution in [0.15, 0.2) is 48.8 Å². The zero-order valence-electron chi connectivity index (χ0n) is 13.7. The lowest BCUT2D eigenvalue weighted by Crippen LogP contribution is -2.42. The van der Waals surface area contributed by atoms with Gasteiger partial charge in [0.05, 0.1) is 13.2 Å². The van der Waals surface area contributed by atoms with E-state index in [0.29, 0.717) is 17.0 Å². The van der Waals surface area contributed by atoms with Crippen LogP contribution in [0.3, 0.4) is 0 Å². The van der Waals surface area contributed by atoms with E-state index in [-0.39, 0.29) is 18.3 Å². The number of pyridine rings is 1. The number of halogens is 1. The fourth-order valence-electron chi connectivity index (χ4n) is 3.10. The van der Waals surface area contributed by atoms with Crippen LogP contribution >= 0.6 is 11.6 Å². The Hall–Kier alpha value is -2.24. The molecule has 1 saturated heterocycles. The van der Waals surface area contributed by atoms with Crippen LogP contribution in [0.2, 0.25) is 5.02 Å². The molecule has 1 aliphatic heterocycles. The third-order valence-corrected chi connectivity index (χ3v) is 4.47. The lowest BCUT2D eigenvalue weighted by molar-refractivity contribution is -0.167. The summed E-state index contributed by atoms with van der Waals surface area (Å²) in [5, 5.41) is 0.635. The Morgan fingerprint density at radius 2 is 2.20 bits per heavy atom. The maximum absolute atomic E-state index is 12.6. The minimum atomic E-state index is -0.968. The maximum Gasteiger partial charge on any atom is 0.319 e. The number of aromatic nitrogens is 1. The first-order valence-electron chi connectivity index (χ1n) is 7.99. The number of nitrogens with zero attached hydrogens (tertiary/aromatic N) is 1. The average molecular weight is 360 g/mol. The van der Waals surface area contributed by atoms with Crippen molar-refractivity contribution in [3.63, 3.8) is 0 Å². The zero-order valence-corrected chi connectivity index (χ0v) is 14.5. The van der Waals surface area contributed by atoms with E-state index in [2.05, 4.69) is 4.98 Å². The largest absolute Gasteiger partial charge is 0.468 e. The van der Waals surface area contributed by atoms with Crippen LogP contribution in [0, 0.1) is 5.92 Å². The fraction of sp³-hybridized carbons (Fsp3) is 0.316. The second-order valence-corrected chi connectivity index (χ2v) is 6.41. The molecular formula is C19H18ClNO4. The van der Waals surface area contributed by atoms with Crippen molar-refractivity contribution in [1.82, 2.24) is 4.98 Å². The molecule has 5 nitrogen and oxygen atoms in total. The molecule has 0 spiro atoms. The summed E-state index contributed by atoms with van der Waals surface area (Å²) in [5.41, 5.74) is 1.66. The van der Waals surface area contributed by atoms with E-state index >= 15 is 0 Å². The lowest BCUT2D eigenvalue weighted by atomic mass is 9.85. The second-order valence-electron chi connectivity index (χ2n) is 5.97. The molecule has 0 amide bonds. The number of ketones is 1. The first-order chi connectivity index (χ1) is 12.1. The summed E-state index contributed by atoms with van der Waals surface area (Å²) < 4.78 is 10.9. The lowest BCUT2D eigenvalue weighted by Gasteiger charge is -2.34. The number of hydrogen-bond acceptors (Lipinski definition) is 5. The van der Waals surface area contributed by atoms with Crippen molar-refractivity contribution < 1.29 is 19.1 Å². The molecule has 25 heavy (non-hydrogen) atoms. The van der Waals surface area contributed by atoms with Crippen molar-refractivity contribution in [3.05, 3.63) is 64.9 Å². The topological polar surface area (TPSA) is 65.5 Å². The molecule has 3 rings (SSSR count). The van der Waals surface area contributed by atoms with Gasteiger partial charge in [-0.2, -0.15) is 0 Å². The number of Topliss-reactive ketones (excluding diaryl/α,β-unsaturated/α-hetero) is 1. The molecule has 2 heterocycles. The predicted octanol–water partition coefficient (Wildman–Crippen LogP) is 3.17. The summed E-state index contributed by atoms with van der Waals surface area (Å²) in [6.07, 6.45) is 2.89. The summed E-state index contributed by atoms with van der Waals surface area (Å²) in [5.74, 6) is -1.73. The number of methoxy groups -OCH3 is 1. The molecule has 1 aliphatic rings. The molecular weight excluding hydrogens is 342 g/mol. The summed E-state index contributed by atoms with van der Waals surface area (Å²) >= 11 is 6.02. The van der Waals surface area contributed by atoms with E-state index in [1.165, 1.54) is 7.11 Å².